The number of aromatic nitrogens is 2. The Balaban J connectivity index is 1.25. The summed E-state index contributed by atoms with van der Waals surface area (Å²) >= 11 is 0. The zero-order chi connectivity index (χ0) is 19.6. The molecule has 0 radical (unpaired) electrons. The van der Waals surface area contributed by atoms with Crippen molar-refractivity contribution in [3.63, 3.8) is 0 Å². The van der Waals surface area contributed by atoms with Crippen LogP contribution in [0.1, 0.15) is 15.9 Å². The first-order valence-corrected chi connectivity index (χ1v) is 10.1. The number of carbonyl (C=O) groups excluding carboxylic acids is 1. The summed E-state index contributed by atoms with van der Waals surface area (Å²) in [6, 6.07) is 18.2. The first kappa shape index (κ1) is 17.7. The molecule has 0 saturated carbocycles. The van der Waals surface area contributed by atoms with Crippen LogP contribution in [0, 0.1) is 0 Å². The van der Waals surface area contributed by atoms with E-state index < -0.39 is 0 Å². The summed E-state index contributed by atoms with van der Waals surface area (Å²) in [5.74, 6) is 1.91. The van der Waals surface area contributed by atoms with Crippen molar-refractivity contribution in [1.29, 1.82) is 0 Å². The Hall–Kier alpha value is -3.41. The number of nitrogens with zero attached hydrogens (tertiary/aromatic N) is 5. The van der Waals surface area contributed by atoms with Crippen LogP contribution in [0.4, 0.5) is 17.3 Å². The molecule has 0 N–H and O–H groups in total. The fourth-order valence-electron chi connectivity index (χ4n) is 4.11. The number of benzene rings is 1. The Kier molecular flexibility index (Phi) is 4.60. The lowest BCUT2D eigenvalue weighted by Crippen LogP contribution is -2.49. The molecule has 6 nitrogen and oxygen atoms in total. The zero-order valence-corrected chi connectivity index (χ0v) is 16.2. The van der Waals surface area contributed by atoms with Crippen LogP contribution in [0.5, 0.6) is 0 Å². The van der Waals surface area contributed by atoms with Gasteiger partial charge in [0.25, 0.3) is 5.91 Å². The van der Waals surface area contributed by atoms with E-state index in [2.05, 4.69) is 44.0 Å². The smallest absolute Gasteiger partial charge is 0.255 e. The maximum Gasteiger partial charge on any atom is 0.255 e. The van der Waals surface area contributed by atoms with E-state index in [0.29, 0.717) is 18.7 Å². The highest BCUT2D eigenvalue weighted by Gasteiger charge is 2.24. The topological polar surface area (TPSA) is 52.6 Å². The van der Waals surface area contributed by atoms with Crippen molar-refractivity contribution in [2.24, 2.45) is 0 Å². The quantitative estimate of drug-likeness (QED) is 0.693. The molecule has 0 bridgehead atoms. The predicted molar refractivity (Wildman–Crippen MR) is 114 cm³/mol. The highest BCUT2D eigenvalue weighted by Crippen LogP contribution is 2.33. The first-order chi connectivity index (χ1) is 14.3. The third kappa shape index (κ3) is 3.42. The van der Waals surface area contributed by atoms with Crippen LogP contribution in [0.15, 0.2) is 67.0 Å². The van der Waals surface area contributed by atoms with Crippen LogP contribution < -0.4 is 9.80 Å². The fourth-order valence-corrected chi connectivity index (χ4v) is 4.11. The minimum Gasteiger partial charge on any atom is -0.353 e. The summed E-state index contributed by atoms with van der Waals surface area (Å²) in [7, 11) is 0. The van der Waals surface area contributed by atoms with Gasteiger partial charge < -0.3 is 14.7 Å². The minimum absolute atomic E-state index is 0.0477. The van der Waals surface area contributed by atoms with E-state index in [4.69, 9.17) is 0 Å². The summed E-state index contributed by atoms with van der Waals surface area (Å²) in [5.41, 5.74) is 3.21. The van der Waals surface area contributed by atoms with Crippen molar-refractivity contribution < 1.29 is 4.79 Å². The SMILES string of the molecule is O=C(c1ccc(N2CCc3ccccc32)nc1)N1CCN(c2ccccn2)CC1. The average Bonchev–Trinajstić information content (AvgIpc) is 3.24. The summed E-state index contributed by atoms with van der Waals surface area (Å²) in [6.45, 7) is 3.89. The maximum atomic E-state index is 12.9. The van der Waals surface area contributed by atoms with Crippen molar-refractivity contribution >= 4 is 23.2 Å². The molecule has 3 aromatic rings. The number of hydrogen-bond acceptors (Lipinski definition) is 5. The number of anilines is 3. The van der Waals surface area contributed by atoms with Gasteiger partial charge in [0.15, 0.2) is 0 Å². The summed E-state index contributed by atoms with van der Waals surface area (Å²) < 4.78 is 0. The lowest BCUT2D eigenvalue weighted by atomic mass is 10.2. The normalized spacial score (nSPS) is 16.1. The molecule has 4 heterocycles. The van der Waals surface area contributed by atoms with Gasteiger partial charge in [-0.15, -0.1) is 0 Å². The number of pyridine rings is 2. The molecule has 6 heteroatoms. The van der Waals surface area contributed by atoms with Gasteiger partial charge in [0.1, 0.15) is 11.6 Å². The second-order valence-corrected chi connectivity index (χ2v) is 7.40. The van der Waals surface area contributed by atoms with Crippen LogP contribution in [0.25, 0.3) is 0 Å². The van der Waals surface area contributed by atoms with E-state index in [-0.39, 0.29) is 5.91 Å². The first-order valence-electron chi connectivity index (χ1n) is 10.1. The number of amides is 1. The molecule has 29 heavy (non-hydrogen) atoms. The molecule has 1 aromatic carbocycles. The van der Waals surface area contributed by atoms with Gasteiger partial charge >= 0.3 is 0 Å². The monoisotopic (exact) mass is 385 g/mol. The number of para-hydroxylation sites is 1. The number of hydrogen-bond donors (Lipinski definition) is 0. The van der Waals surface area contributed by atoms with Crippen LogP contribution >= 0.6 is 0 Å². The van der Waals surface area contributed by atoms with Crippen LogP contribution in [0.2, 0.25) is 0 Å². The Labute approximate surface area is 170 Å². The fraction of sp³-hybridized carbons (Fsp3) is 0.261. The van der Waals surface area contributed by atoms with Gasteiger partial charge in [0.2, 0.25) is 0 Å². The lowest BCUT2D eigenvalue weighted by Gasteiger charge is -2.35. The molecule has 0 atom stereocenters. The van der Waals surface area contributed by atoms with Crippen LogP contribution in [-0.4, -0.2) is 53.5 Å². The van der Waals surface area contributed by atoms with E-state index >= 15 is 0 Å². The molecule has 0 aliphatic carbocycles. The molecule has 0 spiro atoms. The van der Waals surface area contributed by atoms with Crippen molar-refractivity contribution in [3.8, 4) is 0 Å². The molecule has 0 unspecified atom stereocenters. The second-order valence-electron chi connectivity index (χ2n) is 7.40. The van der Waals surface area contributed by atoms with E-state index in [0.717, 1.165) is 37.7 Å². The van der Waals surface area contributed by atoms with Gasteiger partial charge in [-0.05, 0) is 42.3 Å². The van der Waals surface area contributed by atoms with Gasteiger partial charge in [0.05, 0.1) is 5.56 Å². The second kappa shape index (κ2) is 7.54. The molecule has 2 aromatic heterocycles. The zero-order valence-electron chi connectivity index (χ0n) is 16.2. The highest BCUT2D eigenvalue weighted by atomic mass is 16.2. The Morgan fingerprint density at radius 3 is 2.38 bits per heavy atom. The largest absolute Gasteiger partial charge is 0.353 e. The summed E-state index contributed by atoms with van der Waals surface area (Å²) in [4.78, 5) is 28.2. The van der Waals surface area contributed by atoms with Gasteiger partial charge in [-0.3, -0.25) is 4.79 Å². The Morgan fingerprint density at radius 2 is 1.62 bits per heavy atom. The molecule has 146 valence electrons. The van der Waals surface area contributed by atoms with Crippen LogP contribution in [-0.2, 0) is 6.42 Å². The Bertz CT molecular complexity index is 997. The predicted octanol–water partition coefficient (Wildman–Crippen LogP) is 3.13. The number of fused-ring (bicyclic) bond motifs is 1. The van der Waals surface area contributed by atoms with Crippen molar-refractivity contribution in [1.82, 2.24) is 14.9 Å². The molecule has 2 aliphatic rings. The van der Waals surface area contributed by atoms with E-state index in [9.17, 15) is 4.79 Å². The van der Waals surface area contributed by atoms with Crippen molar-refractivity contribution in [3.05, 3.63) is 78.1 Å². The number of carbonyl (C=O) groups is 1. The summed E-state index contributed by atoms with van der Waals surface area (Å²) in [6.07, 6.45) is 4.54. The highest BCUT2D eigenvalue weighted by molar-refractivity contribution is 5.94. The molecular formula is C23H23N5O. The van der Waals surface area contributed by atoms with Crippen LogP contribution in [0.3, 0.4) is 0 Å². The molecule has 1 fully saturated rings. The average molecular weight is 385 g/mol. The Morgan fingerprint density at radius 1 is 0.793 bits per heavy atom. The molecule has 2 aliphatic heterocycles. The third-order valence-corrected chi connectivity index (χ3v) is 5.70. The summed E-state index contributed by atoms with van der Waals surface area (Å²) in [5, 5.41) is 0. The van der Waals surface area contributed by atoms with Crippen molar-refractivity contribution in [2.75, 3.05) is 42.5 Å². The maximum absolute atomic E-state index is 12.9. The van der Waals surface area contributed by atoms with Gasteiger partial charge in [-0.1, -0.05) is 24.3 Å². The molecular weight excluding hydrogens is 362 g/mol. The lowest BCUT2D eigenvalue weighted by molar-refractivity contribution is 0.0746. The standard InChI is InChI=1S/C23H23N5O/c29-23(27-15-13-26(14-16-27)21-7-3-4-11-24-21)19-8-9-22(25-17-19)28-12-10-18-5-1-2-6-20(18)28/h1-9,11,17H,10,12-16H2. The van der Waals surface area contributed by atoms with E-state index in [1.165, 1.54) is 11.3 Å². The molecule has 1 saturated heterocycles. The van der Waals surface area contributed by atoms with Gasteiger partial charge in [-0.2, -0.15) is 0 Å². The minimum atomic E-state index is 0.0477. The van der Waals surface area contributed by atoms with E-state index in [1.807, 2.05) is 35.2 Å². The third-order valence-electron chi connectivity index (χ3n) is 5.70. The van der Waals surface area contributed by atoms with E-state index in [1.54, 1.807) is 12.4 Å². The van der Waals surface area contributed by atoms with Gasteiger partial charge in [-0.25, -0.2) is 9.97 Å². The van der Waals surface area contributed by atoms with Crippen molar-refractivity contribution in [2.45, 2.75) is 6.42 Å². The van der Waals surface area contributed by atoms with Gasteiger partial charge in [0, 0.05) is 50.8 Å². The molecule has 1 amide bonds. The number of piperazine rings is 1. The number of rotatable bonds is 3. The molecule has 5 rings (SSSR count).